The molecule has 3 aromatic rings. The number of carbonyl (C=O) groups is 1. The van der Waals surface area contributed by atoms with Gasteiger partial charge in [-0.2, -0.15) is 0 Å². The van der Waals surface area contributed by atoms with Gasteiger partial charge in [0.15, 0.2) is 11.6 Å². The number of ether oxygens (including phenoxy) is 1. The predicted molar refractivity (Wildman–Crippen MR) is 113 cm³/mol. The average molecular weight is 426 g/mol. The molecule has 3 N–H and O–H groups in total. The van der Waals surface area contributed by atoms with Gasteiger partial charge in [0.1, 0.15) is 11.5 Å². The Balaban J connectivity index is 1.68. The molecule has 0 saturated heterocycles. The van der Waals surface area contributed by atoms with Crippen LogP contribution in [-0.4, -0.2) is 22.4 Å². The molecule has 0 aliphatic heterocycles. The zero-order valence-electron chi connectivity index (χ0n) is 17.4. The lowest BCUT2D eigenvalue weighted by Crippen LogP contribution is -2.40. The Kier molecular flexibility index (Phi) is 6.91. The number of carbonyl (C=O) groups excluding carboxylic acids is 1. The lowest BCUT2D eigenvalue weighted by atomic mass is 9.89. The highest BCUT2D eigenvalue weighted by atomic mass is 19.1. The van der Waals surface area contributed by atoms with Crippen molar-refractivity contribution in [2.24, 2.45) is 5.73 Å². The normalized spacial score (nSPS) is 12.9. The van der Waals surface area contributed by atoms with E-state index in [2.05, 4.69) is 15.3 Å². The second-order valence-electron chi connectivity index (χ2n) is 7.34. The molecule has 0 aliphatic carbocycles. The van der Waals surface area contributed by atoms with Crippen molar-refractivity contribution >= 4 is 5.91 Å². The largest absolute Gasteiger partial charge is 0.434 e. The number of rotatable bonds is 9. The number of nitrogens with one attached hydrogen (secondary N) is 1. The zero-order valence-corrected chi connectivity index (χ0v) is 17.4. The summed E-state index contributed by atoms with van der Waals surface area (Å²) in [4.78, 5) is 18.8. The van der Waals surface area contributed by atoms with Crippen LogP contribution >= 0.6 is 0 Å². The molecular weight excluding hydrogens is 402 g/mol. The molecule has 0 aliphatic rings. The molecule has 0 bridgehead atoms. The highest BCUT2D eigenvalue weighted by molar-refractivity contribution is 5.90. The van der Waals surface area contributed by atoms with Gasteiger partial charge in [-0.3, -0.25) is 4.79 Å². The van der Waals surface area contributed by atoms with Crippen molar-refractivity contribution in [3.63, 3.8) is 0 Å². The van der Waals surface area contributed by atoms with Gasteiger partial charge in [-0.1, -0.05) is 25.1 Å². The number of nitrogens with two attached hydrogens (primary N) is 1. The molecule has 1 aromatic heterocycles. The fourth-order valence-corrected chi connectivity index (χ4v) is 3.10. The molecule has 0 spiro atoms. The predicted octanol–water partition coefficient (Wildman–Crippen LogP) is 4.10. The molecule has 1 amide bonds. The van der Waals surface area contributed by atoms with Crippen LogP contribution in [0.1, 0.15) is 41.9 Å². The molecule has 2 aromatic carbocycles. The summed E-state index contributed by atoms with van der Waals surface area (Å²) in [6.45, 7) is 4.67. The third-order valence-corrected chi connectivity index (χ3v) is 5.21. The van der Waals surface area contributed by atoms with E-state index in [1.165, 1.54) is 36.7 Å². The van der Waals surface area contributed by atoms with E-state index in [0.717, 1.165) is 24.0 Å². The Morgan fingerprint density at radius 1 is 1.13 bits per heavy atom. The third kappa shape index (κ3) is 5.61. The van der Waals surface area contributed by atoms with Crippen LogP contribution in [0.15, 0.2) is 54.9 Å². The highest BCUT2D eigenvalue weighted by Crippen LogP contribution is 2.30. The van der Waals surface area contributed by atoms with Gasteiger partial charge >= 0.3 is 0 Å². The summed E-state index contributed by atoms with van der Waals surface area (Å²) in [5.41, 5.74) is 6.45. The summed E-state index contributed by atoms with van der Waals surface area (Å²) in [5.74, 6) is -1.47. The molecule has 0 saturated carbocycles. The molecule has 1 unspecified atom stereocenters. The second kappa shape index (κ2) is 9.61. The molecular formula is C23H24F2N4O2. The van der Waals surface area contributed by atoms with Crippen molar-refractivity contribution < 1.29 is 18.3 Å². The van der Waals surface area contributed by atoms with E-state index in [-0.39, 0.29) is 23.1 Å². The van der Waals surface area contributed by atoms with Crippen molar-refractivity contribution in [3.8, 4) is 11.6 Å². The number of aromatic nitrogens is 2. The van der Waals surface area contributed by atoms with Crippen molar-refractivity contribution in [3.05, 3.63) is 83.3 Å². The molecule has 0 fully saturated rings. The zero-order chi connectivity index (χ0) is 22.4. The van der Waals surface area contributed by atoms with Gasteiger partial charge in [0.05, 0.1) is 12.4 Å². The van der Waals surface area contributed by atoms with Gasteiger partial charge < -0.3 is 15.8 Å². The summed E-state index contributed by atoms with van der Waals surface area (Å²) in [7, 11) is 0. The number of primary amides is 1. The van der Waals surface area contributed by atoms with Crippen LogP contribution in [0, 0.1) is 11.6 Å². The summed E-state index contributed by atoms with van der Waals surface area (Å²) in [6, 6.07) is 11.1. The molecule has 1 heterocycles. The standard InChI is InChI=1S/C23H24F2N4O2/c1-3-23(2,29-11-10-15-4-7-17(24)8-5-15)16-6-9-20(18(25)12-16)31-21-14-27-19(13-28-21)22(26)30/h4-9,12-14,29H,3,10-11H2,1-2H3,(H2,26,30). The number of nitrogens with zero attached hydrogens (tertiary/aromatic N) is 2. The maximum atomic E-state index is 14.7. The summed E-state index contributed by atoms with van der Waals surface area (Å²) in [6.07, 6.45) is 3.83. The summed E-state index contributed by atoms with van der Waals surface area (Å²) in [5, 5.41) is 3.47. The SMILES string of the molecule is CCC(C)(NCCc1ccc(F)cc1)c1ccc(Oc2cnc(C(N)=O)cn2)c(F)c1. The van der Waals surface area contributed by atoms with E-state index in [1.54, 1.807) is 18.2 Å². The van der Waals surface area contributed by atoms with Crippen molar-refractivity contribution in [1.82, 2.24) is 15.3 Å². The minimum atomic E-state index is -0.708. The smallest absolute Gasteiger partial charge is 0.268 e. The van der Waals surface area contributed by atoms with Crippen LogP contribution in [0.4, 0.5) is 8.78 Å². The molecule has 0 radical (unpaired) electrons. The van der Waals surface area contributed by atoms with Gasteiger partial charge in [-0.05, 0) is 61.7 Å². The van der Waals surface area contributed by atoms with E-state index in [4.69, 9.17) is 10.5 Å². The first-order valence-electron chi connectivity index (χ1n) is 9.90. The monoisotopic (exact) mass is 426 g/mol. The van der Waals surface area contributed by atoms with Gasteiger partial charge in [-0.25, -0.2) is 18.7 Å². The topological polar surface area (TPSA) is 90.1 Å². The maximum Gasteiger partial charge on any atom is 0.268 e. The molecule has 162 valence electrons. The van der Waals surface area contributed by atoms with Crippen molar-refractivity contribution in [1.29, 1.82) is 0 Å². The van der Waals surface area contributed by atoms with Crippen LogP contribution in [0.5, 0.6) is 11.6 Å². The lowest BCUT2D eigenvalue weighted by Gasteiger charge is -2.31. The summed E-state index contributed by atoms with van der Waals surface area (Å²) < 4.78 is 33.2. The molecule has 1 atom stereocenters. The first kappa shape index (κ1) is 22.3. The Labute approximate surface area is 179 Å². The number of halogens is 2. The van der Waals surface area contributed by atoms with E-state index < -0.39 is 17.3 Å². The van der Waals surface area contributed by atoms with E-state index >= 15 is 0 Å². The minimum absolute atomic E-state index is 0.00496. The quantitative estimate of drug-likeness (QED) is 0.538. The average Bonchev–Trinajstić information content (AvgIpc) is 2.76. The van der Waals surface area contributed by atoms with E-state index in [1.807, 2.05) is 13.8 Å². The van der Waals surface area contributed by atoms with Gasteiger partial charge in [0.2, 0.25) is 5.88 Å². The fourth-order valence-electron chi connectivity index (χ4n) is 3.10. The van der Waals surface area contributed by atoms with E-state index in [0.29, 0.717) is 6.54 Å². The molecule has 3 rings (SSSR count). The Hall–Kier alpha value is -3.39. The number of amides is 1. The van der Waals surface area contributed by atoms with Gasteiger partial charge in [-0.15, -0.1) is 0 Å². The lowest BCUT2D eigenvalue weighted by molar-refractivity contribution is 0.0995. The fraction of sp³-hybridized carbons (Fsp3) is 0.261. The van der Waals surface area contributed by atoms with Crippen LogP contribution in [0.3, 0.4) is 0 Å². The first-order valence-corrected chi connectivity index (χ1v) is 9.90. The Morgan fingerprint density at radius 2 is 1.87 bits per heavy atom. The molecule has 6 nitrogen and oxygen atoms in total. The van der Waals surface area contributed by atoms with Crippen LogP contribution in [0.25, 0.3) is 0 Å². The number of benzene rings is 2. The van der Waals surface area contributed by atoms with Gasteiger partial charge in [0.25, 0.3) is 5.91 Å². The van der Waals surface area contributed by atoms with Crippen LogP contribution in [-0.2, 0) is 12.0 Å². The second-order valence-corrected chi connectivity index (χ2v) is 7.34. The van der Waals surface area contributed by atoms with Gasteiger partial charge in [0, 0.05) is 5.54 Å². The van der Waals surface area contributed by atoms with E-state index in [9.17, 15) is 13.6 Å². The number of hydrogen-bond acceptors (Lipinski definition) is 5. The number of hydrogen-bond donors (Lipinski definition) is 2. The Bertz CT molecular complexity index is 1040. The van der Waals surface area contributed by atoms with Crippen LogP contribution < -0.4 is 15.8 Å². The maximum absolute atomic E-state index is 14.7. The molecule has 8 heteroatoms. The van der Waals surface area contributed by atoms with Crippen molar-refractivity contribution in [2.45, 2.75) is 32.2 Å². The Morgan fingerprint density at radius 3 is 2.45 bits per heavy atom. The minimum Gasteiger partial charge on any atom is -0.434 e. The molecule has 31 heavy (non-hydrogen) atoms. The highest BCUT2D eigenvalue weighted by Gasteiger charge is 2.25. The van der Waals surface area contributed by atoms with Crippen molar-refractivity contribution in [2.75, 3.05) is 6.54 Å². The third-order valence-electron chi connectivity index (χ3n) is 5.21. The summed E-state index contributed by atoms with van der Waals surface area (Å²) >= 11 is 0. The first-order chi connectivity index (χ1) is 14.8. The van der Waals surface area contributed by atoms with Crippen LogP contribution in [0.2, 0.25) is 0 Å².